The maximum absolute atomic E-state index is 13.8. The highest BCUT2D eigenvalue weighted by atomic mass is 19.3. The van der Waals surface area contributed by atoms with Crippen LogP contribution in [0.15, 0.2) is 36.4 Å². The Morgan fingerprint density at radius 3 is 2.69 bits per heavy atom. The monoisotopic (exact) mass is 410 g/mol. The molecule has 0 aliphatic rings. The Morgan fingerprint density at radius 2 is 2.00 bits per heavy atom. The number of carbonyl (C=O) groups is 1. The second-order valence-corrected chi connectivity index (χ2v) is 6.23. The lowest BCUT2D eigenvalue weighted by molar-refractivity contribution is -0.116. The standard InChI is InChI=1S/C19H18F4N4O2/c1-27-14-8-10(2-4-12(14)19(26-27)25-16(28)6-7-24)13-9-11(20)3-5-15(13)29-18(23)17(21)22/h2-5,8-9,17-18H,6-7,24H2,1H3,(H,25,26,28). The van der Waals surface area contributed by atoms with Gasteiger partial charge in [0.1, 0.15) is 11.6 Å². The van der Waals surface area contributed by atoms with Crippen LogP contribution in [0.25, 0.3) is 22.0 Å². The third-order valence-electron chi connectivity index (χ3n) is 4.17. The van der Waals surface area contributed by atoms with Crippen LogP contribution in [0.1, 0.15) is 6.42 Å². The van der Waals surface area contributed by atoms with Crippen LogP contribution >= 0.6 is 0 Å². The molecular formula is C19H18F4N4O2. The highest BCUT2D eigenvalue weighted by Gasteiger charge is 2.23. The molecule has 29 heavy (non-hydrogen) atoms. The Labute approximate surface area is 163 Å². The number of fused-ring (bicyclic) bond motifs is 1. The van der Waals surface area contributed by atoms with Gasteiger partial charge < -0.3 is 15.8 Å². The van der Waals surface area contributed by atoms with Gasteiger partial charge in [-0.15, -0.1) is 0 Å². The molecule has 1 atom stereocenters. The fraction of sp³-hybridized carbons (Fsp3) is 0.263. The smallest absolute Gasteiger partial charge is 0.304 e. The van der Waals surface area contributed by atoms with Gasteiger partial charge in [-0.25, -0.2) is 13.2 Å². The van der Waals surface area contributed by atoms with Gasteiger partial charge >= 0.3 is 6.43 Å². The zero-order valence-electron chi connectivity index (χ0n) is 15.3. The van der Waals surface area contributed by atoms with Crippen molar-refractivity contribution in [3.8, 4) is 16.9 Å². The third kappa shape index (κ3) is 4.48. The molecule has 0 saturated heterocycles. The van der Waals surface area contributed by atoms with E-state index in [1.165, 1.54) is 4.68 Å². The van der Waals surface area contributed by atoms with Gasteiger partial charge in [-0.3, -0.25) is 9.48 Å². The first-order valence-electron chi connectivity index (χ1n) is 8.65. The number of carbonyl (C=O) groups excluding carboxylic acids is 1. The largest absolute Gasteiger partial charge is 0.454 e. The molecule has 3 N–H and O–H groups in total. The zero-order valence-corrected chi connectivity index (χ0v) is 15.3. The minimum Gasteiger partial charge on any atom is -0.454 e. The molecule has 3 aromatic rings. The number of hydrogen-bond donors (Lipinski definition) is 2. The van der Waals surface area contributed by atoms with Gasteiger partial charge in [0.25, 0.3) is 6.36 Å². The fourth-order valence-corrected chi connectivity index (χ4v) is 2.85. The second-order valence-electron chi connectivity index (χ2n) is 6.23. The molecular weight excluding hydrogens is 392 g/mol. The maximum atomic E-state index is 13.8. The van der Waals surface area contributed by atoms with E-state index in [-0.39, 0.29) is 30.2 Å². The Balaban J connectivity index is 2.02. The summed E-state index contributed by atoms with van der Waals surface area (Å²) < 4.78 is 58.4. The Hall–Kier alpha value is -3.14. The third-order valence-corrected chi connectivity index (χ3v) is 4.17. The summed E-state index contributed by atoms with van der Waals surface area (Å²) in [6, 6.07) is 7.95. The van der Waals surface area contributed by atoms with E-state index < -0.39 is 18.6 Å². The summed E-state index contributed by atoms with van der Waals surface area (Å²) in [4.78, 5) is 11.8. The number of benzene rings is 2. The molecule has 10 heteroatoms. The highest BCUT2D eigenvalue weighted by molar-refractivity contribution is 6.01. The van der Waals surface area contributed by atoms with Crippen molar-refractivity contribution in [1.29, 1.82) is 0 Å². The number of nitrogens with two attached hydrogens (primary N) is 1. The maximum Gasteiger partial charge on any atom is 0.304 e. The van der Waals surface area contributed by atoms with Crippen molar-refractivity contribution >= 4 is 22.6 Å². The molecule has 0 radical (unpaired) electrons. The van der Waals surface area contributed by atoms with Crippen LogP contribution in [0.4, 0.5) is 23.4 Å². The number of hydrogen-bond acceptors (Lipinski definition) is 4. The van der Waals surface area contributed by atoms with Crippen LogP contribution in [-0.4, -0.2) is 35.0 Å². The highest BCUT2D eigenvalue weighted by Crippen LogP contribution is 2.35. The average Bonchev–Trinajstić information content (AvgIpc) is 2.98. The van der Waals surface area contributed by atoms with Crippen LogP contribution in [0.2, 0.25) is 0 Å². The molecule has 1 heterocycles. The van der Waals surface area contributed by atoms with E-state index in [0.717, 1.165) is 18.2 Å². The number of ether oxygens (including phenoxy) is 1. The molecule has 3 rings (SSSR count). The summed E-state index contributed by atoms with van der Waals surface area (Å²) in [5.74, 6) is -0.833. The molecule has 2 aromatic carbocycles. The molecule has 0 saturated carbocycles. The van der Waals surface area contributed by atoms with Crippen molar-refractivity contribution in [1.82, 2.24) is 9.78 Å². The zero-order chi connectivity index (χ0) is 21.1. The van der Waals surface area contributed by atoms with E-state index in [0.29, 0.717) is 22.3 Å². The Morgan fingerprint density at radius 1 is 1.24 bits per heavy atom. The number of halogens is 4. The van der Waals surface area contributed by atoms with Gasteiger partial charge in [0, 0.05) is 31.0 Å². The number of alkyl halides is 3. The van der Waals surface area contributed by atoms with Gasteiger partial charge in [0.05, 0.1) is 5.52 Å². The molecule has 154 valence electrons. The summed E-state index contributed by atoms with van der Waals surface area (Å²) in [6.07, 6.45) is -6.05. The molecule has 0 aliphatic carbocycles. The molecule has 0 spiro atoms. The summed E-state index contributed by atoms with van der Waals surface area (Å²) in [7, 11) is 1.64. The Kier molecular flexibility index (Phi) is 6.02. The normalized spacial score (nSPS) is 12.4. The second kappa shape index (κ2) is 8.48. The molecule has 6 nitrogen and oxygen atoms in total. The van der Waals surface area contributed by atoms with E-state index in [9.17, 15) is 22.4 Å². The molecule has 1 aromatic heterocycles. The lowest BCUT2D eigenvalue weighted by Gasteiger charge is -2.15. The topological polar surface area (TPSA) is 82.2 Å². The van der Waals surface area contributed by atoms with Crippen molar-refractivity contribution in [2.45, 2.75) is 19.2 Å². The van der Waals surface area contributed by atoms with Crippen LogP contribution in [-0.2, 0) is 11.8 Å². The van der Waals surface area contributed by atoms with Crippen molar-refractivity contribution in [3.05, 3.63) is 42.2 Å². The average molecular weight is 410 g/mol. The SMILES string of the molecule is Cn1nc(NC(=O)CCN)c2ccc(-c3cc(F)ccc3OC(F)C(F)F)cc21. The molecule has 0 aliphatic heterocycles. The lowest BCUT2D eigenvalue weighted by atomic mass is 10.0. The fourth-order valence-electron chi connectivity index (χ4n) is 2.85. The number of aryl methyl sites for hydroxylation is 1. The van der Waals surface area contributed by atoms with E-state index in [2.05, 4.69) is 15.2 Å². The summed E-state index contributed by atoms with van der Waals surface area (Å²) in [6.45, 7) is 0.192. The van der Waals surface area contributed by atoms with Crippen molar-refractivity contribution in [2.75, 3.05) is 11.9 Å². The number of nitrogens with zero attached hydrogens (tertiary/aromatic N) is 2. The predicted octanol–water partition coefficient (Wildman–Crippen LogP) is 3.61. The van der Waals surface area contributed by atoms with Gasteiger partial charge in [-0.2, -0.15) is 9.49 Å². The summed E-state index contributed by atoms with van der Waals surface area (Å²) >= 11 is 0. The first-order valence-corrected chi connectivity index (χ1v) is 8.65. The van der Waals surface area contributed by atoms with Gasteiger partial charge in [0.2, 0.25) is 5.91 Å². The van der Waals surface area contributed by atoms with E-state index in [1.54, 1.807) is 25.2 Å². The van der Waals surface area contributed by atoms with Crippen molar-refractivity contribution in [2.24, 2.45) is 12.8 Å². The van der Waals surface area contributed by atoms with Gasteiger partial charge in [-0.05, 0) is 35.9 Å². The summed E-state index contributed by atoms with van der Waals surface area (Å²) in [5, 5.41) is 7.50. The van der Waals surface area contributed by atoms with Crippen LogP contribution in [0, 0.1) is 5.82 Å². The minimum atomic E-state index is -3.34. The van der Waals surface area contributed by atoms with Crippen molar-refractivity contribution < 1.29 is 27.1 Å². The quantitative estimate of drug-likeness (QED) is 0.583. The molecule has 0 bridgehead atoms. The lowest BCUT2D eigenvalue weighted by Crippen LogP contribution is -2.19. The van der Waals surface area contributed by atoms with Gasteiger partial charge in [0.15, 0.2) is 5.82 Å². The number of anilines is 1. The minimum absolute atomic E-state index is 0.102. The van der Waals surface area contributed by atoms with E-state index >= 15 is 0 Å². The number of nitrogens with one attached hydrogen (secondary N) is 1. The number of aromatic nitrogens is 2. The Bertz CT molecular complexity index is 1040. The first-order chi connectivity index (χ1) is 13.8. The molecule has 0 fully saturated rings. The van der Waals surface area contributed by atoms with Crippen LogP contribution in [0.5, 0.6) is 5.75 Å². The first kappa shape index (κ1) is 20.6. The van der Waals surface area contributed by atoms with Gasteiger partial charge in [-0.1, -0.05) is 6.07 Å². The van der Waals surface area contributed by atoms with E-state index in [1.807, 2.05) is 0 Å². The van der Waals surface area contributed by atoms with Crippen LogP contribution < -0.4 is 15.8 Å². The summed E-state index contributed by atoms with van der Waals surface area (Å²) in [5.41, 5.74) is 6.44. The van der Waals surface area contributed by atoms with Crippen molar-refractivity contribution in [3.63, 3.8) is 0 Å². The molecule has 1 amide bonds. The number of rotatable bonds is 7. The molecule has 1 unspecified atom stereocenters. The predicted molar refractivity (Wildman–Crippen MR) is 99.9 cm³/mol. The van der Waals surface area contributed by atoms with Crippen LogP contribution in [0.3, 0.4) is 0 Å². The number of amides is 1. The van der Waals surface area contributed by atoms with E-state index in [4.69, 9.17) is 5.73 Å².